The first-order chi connectivity index (χ1) is 9.60. The van der Waals surface area contributed by atoms with Crippen molar-refractivity contribution in [2.75, 3.05) is 0 Å². The second-order valence-electron chi connectivity index (χ2n) is 4.62. The van der Waals surface area contributed by atoms with Crippen LogP contribution in [0.1, 0.15) is 25.0 Å². The molecule has 2 aromatic carbocycles. The fraction of sp³-hybridized carbons (Fsp3) is 0.250. The van der Waals surface area contributed by atoms with Gasteiger partial charge in [0.05, 0.1) is 0 Å². The van der Waals surface area contributed by atoms with Gasteiger partial charge in [-0.3, -0.25) is 0 Å². The quantitative estimate of drug-likeness (QED) is 0.823. The summed E-state index contributed by atoms with van der Waals surface area (Å²) >= 11 is 9.48. The Kier molecular flexibility index (Phi) is 5.46. The molecule has 2 nitrogen and oxygen atoms in total. The zero-order valence-electron chi connectivity index (χ0n) is 11.2. The van der Waals surface area contributed by atoms with E-state index < -0.39 is 0 Å². The van der Waals surface area contributed by atoms with Crippen LogP contribution in [-0.4, -0.2) is 6.04 Å². The van der Waals surface area contributed by atoms with Gasteiger partial charge in [0, 0.05) is 15.5 Å². The Morgan fingerprint density at radius 3 is 2.60 bits per heavy atom. The summed E-state index contributed by atoms with van der Waals surface area (Å²) in [5.41, 5.74) is 7.26. The fourth-order valence-corrected chi connectivity index (χ4v) is 2.58. The molecular weight excluding hydrogens is 338 g/mol. The minimum absolute atomic E-state index is 0.0803. The largest absolute Gasteiger partial charge is 0.484 e. The average molecular weight is 355 g/mol. The van der Waals surface area contributed by atoms with Gasteiger partial charge in [0.25, 0.3) is 0 Å². The van der Waals surface area contributed by atoms with E-state index in [2.05, 4.69) is 22.9 Å². The maximum Gasteiger partial charge on any atom is 0.139 e. The maximum atomic E-state index is 6.21. The van der Waals surface area contributed by atoms with Crippen molar-refractivity contribution in [3.05, 3.63) is 63.6 Å². The van der Waals surface area contributed by atoms with Gasteiger partial charge in [-0.05, 0) is 42.3 Å². The van der Waals surface area contributed by atoms with Crippen molar-refractivity contribution in [3.8, 4) is 5.75 Å². The molecule has 0 aliphatic carbocycles. The van der Waals surface area contributed by atoms with Gasteiger partial charge in [-0.25, -0.2) is 0 Å². The molecule has 4 heteroatoms. The lowest BCUT2D eigenvalue weighted by atomic mass is 10.0. The van der Waals surface area contributed by atoms with E-state index in [1.165, 1.54) is 0 Å². The van der Waals surface area contributed by atoms with Crippen molar-refractivity contribution < 1.29 is 4.74 Å². The zero-order chi connectivity index (χ0) is 14.5. The fourth-order valence-electron chi connectivity index (χ4n) is 1.99. The number of ether oxygens (including phenoxy) is 1. The molecule has 0 aromatic heterocycles. The first kappa shape index (κ1) is 15.4. The Hall–Kier alpha value is -1.03. The summed E-state index contributed by atoms with van der Waals surface area (Å²) in [7, 11) is 0. The van der Waals surface area contributed by atoms with Crippen molar-refractivity contribution in [1.82, 2.24) is 0 Å². The molecule has 0 saturated heterocycles. The first-order valence-corrected chi connectivity index (χ1v) is 7.70. The van der Waals surface area contributed by atoms with Crippen molar-refractivity contribution in [2.45, 2.75) is 25.5 Å². The number of benzene rings is 2. The standard InChI is InChI=1S/C16H17BrClNO/c1-2-15(19)16(11-5-3-6-12(17)9-11)20-14-8-4-7-13(18)10-14/h3-10,15-16H,2,19H2,1H3. The number of rotatable bonds is 5. The topological polar surface area (TPSA) is 35.2 Å². The summed E-state index contributed by atoms with van der Waals surface area (Å²) in [4.78, 5) is 0. The van der Waals surface area contributed by atoms with E-state index in [9.17, 15) is 0 Å². The summed E-state index contributed by atoms with van der Waals surface area (Å²) in [5, 5.41) is 0.653. The molecule has 0 amide bonds. The van der Waals surface area contributed by atoms with Gasteiger partial charge in [0.1, 0.15) is 11.9 Å². The van der Waals surface area contributed by atoms with Crippen LogP contribution in [0.4, 0.5) is 0 Å². The molecule has 2 rings (SSSR count). The van der Waals surface area contributed by atoms with Crippen LogP contribution in [0.2, 0.25) is 5.02 Å². The molecule has 0 aliphatic heterocycles. The Morgan fingerprint density at radius 2 is 1.95 bits per heavy atom. The van der Waals surface area contributed by atoms with Crippen LogP contribution in [0.3, 0.4) is 0 Å². The third-order valence-electron chi connectivity index (χ3n) is 3.10. The number of hydrogen-bond donors (Lipinski definition) is 1. The van der Waals surface area contributed by atoms with Gasteiger partial charge in [-0.15, -0.1) is 0 Å². The molecule has 20 heavy (non-hydrogen) atoms. The Bertz CT molecular complexity index is 576. The first-order valence-electron chi connectivity index (χ1n) is 6.53. The predicted molar refractivity (Wildman–Crippen MR) is 87.2 cm³/mol. The predicted octanol–water partition coefficient (Wildman–Crippen LogP) is 4.96. The van der Waals surface area contributed by atoms with Gasteiger partial charge in [0.2, 0.25) is 0 Å². The zero-order valence-corrected chi connectivity index (χ0v) is 13.6. The Morgan fingerprint density at radius 1 is 1.20 bits per heavy atom. The molecule has 0 heterocycles. The second-order valence-corrected chi connectivity index (χ2v) is 5.98. The summed E-state index contributed by atoms with van der Waals surface area (Å²) in [5.74, 6) is 0.728. The van der Waals surface area contributed by atoms with E-state index in [0.717, 1.165) is 22.2 Å². The van der Waals surface area contributed by atoms with E-state index in [4.69, 9.17) is 22.1 Å². The van der Waals surface area contributed by atoms with Crippen molar-refractivity contribution in [3.63, 3.8) is 0 Å². The van der Waals surface area contributed by atoms with E-state index in [1.807, 2.05) is 42.5 Å². The summed E-state index contributed by atoms with van der Waals surface area (Å²) < 4.78 is 7.07. The summed E-state index contributed by atoms with van der Waals surface area (Å²) in [6, 6.07) is 15.3. The lowest BCUT2D eigenvalue weighted by Crippen LogP contribution is -2.31. The minimum atomic E-state index is -0.198. The average Bonchev–Trinajstić information content (AvgIpc) is 2.44. The van der Waals surface area contributed by atoms with E-state index in [1.54, 1.807) is 6.07 Å². The smallest absolute Gasteiger partial charge is 0.139 e. The highest BCUT2D eigenvalue weighted by molar-refractivity contribution is 9.10. The molecule has 2 atom stereocenters. The molecule has 0 radical (unpaired) electrons. The van der Waals surface area contributed by atoms with Crippen molar-refractivity contribution >= 4 is 27.5 Å². The van der Waals surface area contributed by atoms with Gasteiger partial charge in [0.15, 0.2) is 0 Å². The number of nitrogens with two attached hydrogens (primary N) is 1. The van der Waals surface area contributed by atoms with Crippen LogP contribution in [-0.2, 0) is 0 Å². The molecule has 2 unspecified atom stereocenters. The Balaban J connectivity index is 2.29. The normalized spacial score (nSPS) is 13.8. The highest BCUT2D eigenvalue weighted by Gasteiger charge is 2.20. The molecular formula is C16H17BrClNO. The van der Waals surface area contributed by atoms with Crippen LogP contribution < -0.4 is 10.5 Å². The molecule has 0 fully saturated rings. The lowest BCUT2D eigenvalue weighted by Gasteiger charge is -2.25. The van der Waals surface area contributed by atoms with Gasteiger partial charge in [-0.1, -0.05) is 52.7 Å². The monoisotopic (exact) mass is 353 g/mol. The second kappa shape index (κ2) is 7.11. The molecule has 2 N–H and O–H groups in total. The third kappa shape index (κ3) is 3.98. The molecule has 0 saturated carbocycles. The van der Waals surface area contributed by atoms with Gasteiger partial charge < -0.3 is 10.5 Å². The summed E-state index contributed by atoms with van der Waals surface area (Å²) in [6.07, 6.45) is 0.633. The molecule has 0 spiro atoms. The molecule has 0 bridgehead atoms. The van der Waals surface area contributed by atoms with Gasteiger partial charge >= 0.3 is 0 Å². The van der Waals surface area contributed by atoms with Crippen LogP contribution in [0.15, 0.2) is 53.0 Å². The van der Waals surface area contributed by atoms with E-state index >= 15 is 0 Å². The van der Waals surface area contributed by atoms with Crippen LogP contribution in [0, 0.1) is 0 Å². The van der Waals surface area contributed by atoms with Crippen LogP contribution in [0.5, 0.6) is 5.75 Å². The maximum absolute atomic E-state index is 6.21. The molecule has 0 aliphatic rings. The van der Waals surface area contributed by atoms with Crippen LogP contribution in [0.25, 0.3) is 0 Å². The van der Waals surface area contributed by atoms with Crippen molar-refractivity contribution in [1.29, 1.82) is 0 Å². The highest BCUT2D eigenvalue weighted by Crippen LogP contribution is 2.28. The minimum Gasteiger partial charge on any atom is -0.484 e. The molecule has 2 aromatic rings. The van der Waals surface area contributed by atoms with Crippen molar-refractivity contribution in [2.24, 2.45) is 5.73 Å². The van der Waals surface area contributed by atoms with Gasteiger partial charge in [-0.2, -0.15) is 0 Å². The molecule has 106 valence electrons. The highest BCUT2D eigenvalue weighted by atomic mass is 79.9. The Labute approximate surface area is 133 Å². The van der Waals surface area contributed by atoms with E-state index in [-0.39, 0.29) is 12.1 Å². The number of hydrogen-bond acceptors (Lipinski definition) is 2. The van der Waals surface area contributed by atoms with E-state index in [0.29, 0.717) is 5.02 Å². The SMILES string of the molecule is CCC(N)C(Oc1cccc(Cl)c1)c1cccc(Br)c1. The third-order valence-corrected chi connectivity index (χ3v) is 3.82. The van der Waals surface area contributed by atoms with Crippen LogP contribution >= 0.6 is 27.5 Å². The lowest BCUT2D eigenvalue weighted by molar-refractivity contribution is 0.171. The summed E-state index contributed by atoms with van der Waals surface area (Å²) in [6.45, 7) is 2.05. The number of halogens is 2.